The smallest absolute Gasteiger partial charge is 0.0164 e. The zero-order chi connectivity index (χ0) is 13.5. The summed E-state index contributed by atoms with van der Waals surface area (Å²) in [5, 5.41) is 2.97. The van der Waals surface area contributed by atoms with Gasteiger partial charge in [0.2, 0.25) is 0 Å². The van der Waals surface area contributed by atoms with Crippen molar-refractivity contribution in [2.75, 3.05) is 11.5 Å². The summed E-state index contributed by atoms with van der Waals surface area (Å²) in [6.45, 7) is 0. The molecule has 0 N–H and O–H groups in total. The van der Waals surface area contributed by atoms with Crippen molar-refractivity contribution in [3.63, 3.8) is 0 Å². The molecule has 0 spiro atoms. The maximum atomic E-state index is 4.74. The summed E-state index contributed by atoms with van der Waals surface area (Å²) in [6.07, 6.45) is 12.5. The Bertz CT molecular complexity index is 222. The van der Waals surface area contributed by atoms with Crippen LogP contribution in [0.2, 0.25) is 0 Å². The lowest BCUT2D eigenvalue weighted by Crippen LogP contribution is -2.23. The lowest BCUT2D eigenvalue weighted by Gasteiger charge is -2.28. The Morgan fingerprint density at radius 1 is 0.684 bits per heavy atom. The molecule has 4 heteroatoms. The predicted octanol–water partition coefficient (Wildman–Crippen LogP) is 5.32. The Labute approximate surface area is 138 Å². The number of hydrogen-bond acceptors (Lipinski definition) is 4. The van der Waals surface area contributed by atoms with Crippen LogP contribution in [-0.2, 0) is 0 Å². The fraction of sp³-hybridized carbons (Fsp3) is 1.00. The highest BCUT2D eigenvalue weighted by atomic mass is 32.2. The van der Waals surface area contributed by atoms with Crippen LogP contribution in [0, 0.1) is 0 Å². The van der Waals surface area contributed by atoms with E-state index in [4.69, 9.17) is 25.3 Å². The van der Waals surface area contributed by atoms with E-state index in [0.29, 0.717) is 10.5 Å². The van der Waals surface area contributed by atoms with Gasteiger partial charge in [-0.05, 0) is 43.6 Å². The van der Waals surface area contributed by atoms with Gasteiger partial charge in [0.15, 0.2) is 0 Å². The highest BCUT2D eigenvalue weighted by Crippen LogP contribution is 2.34. The van der Waals surface area contributed by atoms with Crippen LogP contribution in [0.25, 0.3) is 0 Å². The number of thiol groups is 2. The average Bonchev–Trinajstić information content (AvgIpc) is 2.42. The maximum Gasteiger partial charge on any atom is 0.0164 e. The van der Waals surface area contributed by atoms with Crippen LogP contribution in [0.1, 0.15) is 57.8 Å². The first-order chi connectivity index (χ1) is 9.27. The molecule has 0 aliphatic heterocycles. The van der Waals surface area contributed by atoms with E-state index in [0.717, 1.165) is 10.5 Å². The third kappa shape index (κ3) is 5.96. The van der Waals surface area contributed by atoms with Crippen LogP contribution in [0.3, 0.4) is 0 Å². The normalized spacial score (nSPS) is 36.3. The van der Waals surface area contributed by atoms with Gasteiger partial charge in [-0.1, -0.05) is 25.7 Å². The van der Waals surface area contributed by atoms with E-state index in [-0.39, 0.29) is 0 Å². The van der Waals surface area contributed by atoms with Crippen LogP contribution in [-0.4, -0.2) is 32.5 Å². The molecule has 4 atom stereocenters. The molecule has 2 rings (SSSR count). The van der Waals surface area contributed by atoms with Gasteiger partial charge >= 0.3 is 0 Å². The van der Waals surface area contributed by atoms with Crippen molar-refractivity contribution < 1.29 is 0 Å². The molecule has 4 unspecified atom stereocenters. The van der Waals surface area contributed by atoms with Crippen LogP contribution in [0.5, 0.6) is 0 Å². The summed E-state index contributed by atoms with van der Waals surface area (Å²) in [6, 6.07) is 0. The molecule has 0 aromatic rings. The molecule has 0 nitrogen and oxygen atoms in total. The minimum absolute atomic E-state index is 0.659. The summed E-state index contributed by atoms with van der Waals surface area (Å²) in [4.78, 5) is 0. The van der Waals surface area contributed by atoms with Gasteiger partial charge in [-0.3, -0.25) is 0 Å². The zero-order valence-corrected chi connectivity index (χ0v) is 15.2. The first kappa shape index (κ1) is 16.8. The van der Waals surface area contributed by atoms with Gasteiger partial charge in [-0.25, -0.2) is 0 Å². The van der Waals surface area contributed by atoms with E-state index in [2.05, 4.69) is 23.5 Å². The number of thioether (sulfide) groups is 2. The summed E-state index contributed by atoms with van der Waals surface area (Å²) in [5.74, 6) is 2.66. The standard InChI is InChI=1S/C15H28S4/c16-12-6-1-3-8-14(12)18-10-5-11-19-15-9-4-2-7-13(15)17/h12-17H,1-11H2. The van der Waals surface area contributed by atoms with Gasteiger partial charge in [0.25, 0.3) is 0 Å². The van der Waals surface area contributed by atoms with E-state index in [9.17, 15) is 0 Å². The van der Waals surface area contributed by atoms with Gasteiger partial charge in [-0.15, -0.1) is 0 Å². The fourth-order valence-electron chi connectivity index (χ4n) is 3.07. The molecule has 2 aliphatic carbocycles. The topological polar surface area (TPSA) is 0 Å². The highest BCUT2D eigenvalue weighted by Gasteiger charge is 2.23. The van der Waals surface area contributed by atoms with Crippen molar-refractivity contribution >= 4 is 48.8 Å². The van der Waals surface area contributed by atoms with E-state index < -0.39 is 0 Å². The van der Waals surface area contributed by atoms with Crippen molar-refractivity contribution in [2.45, 2.75) is 78.8 Å². The number of rotatable bonds is 6. The molecule has 0 saturated heterocycles. The van der Waals surface area contributed by atoms with Crippen LogP contribution < -0.4 is 0 Å². The second-order valence-corrected chi connectivity index (χ2v) is 9.90. The van der Waals surface area contributed by atoms with Gasteiger partial charge in [-0.2, -0.15) is 48.8 Å². The Balaban J connectivity index is 1.51. The summed E-state index contributed by atoms with van der Waals surface area (Å²) in [5.41, 5.74) is 0. The second kappa shape index (κ2) is 9.42. The zero-order valence-electron chi connectivity index (χ0n) is 11.8. The Hall–Kier alpha value is 1.40. The van der Waals surface area contributed by atoms with Crippen molar-refractivity contribution in [3.8, 4) is 0 Å². The summed E-state index contributed by atoms with van der Waals surface area (Å²) < 4.78 is 0. The molecule has 0 heterocycles. The van der Waals surface area contributed by atoms with E-state index in [1.807, 2.05) is 0 Å². The number of hydrogen-bond donors (Lipinski definition) is 2. The molecular weight excluding hydrogens is 308 g/mol. The van der Waals surface area contributed by atoms with Gasteiger partial charge in [0.1, 0.15) is 0 Å². The minimum Gasteiger partial charge on any atom is -0.175 e. The molecule has 0 aromatic heterocycles. The largest absolute Gasteiger partial charge is 0.175 e. The van der Waals surface area contributed by atoms with Crippen LogP contribution in [0.4, 0.5) is 0 Å². The lowest BCUT2D eigenvalue weighted by molar-refractivity contribution is 0.529. The Morgan fingerprint density at radius 3 is 1.53 bits per heavy atom. The molecule has 0 bridgehead atoms. The van der Waals surface area contributed by atoms with Gasteiger partial charge in [0, 0.05) is 21.0 Å². The quantitative estimate of drug-likeness (QED) is 0.497. The summed E-state index contributed by atoms with van der Waals surface area (Å²) >= 11 is 13.8. The summed E-state index contributed by atoms with van der Waals surface area (Å²) in [7, 11) is 0. The molecule has 112 valence electrons. The van der Waals surface area contributed by atoms with Gasteiger partial charge < -0.3 is 0 Å². The predicted molar refractivity (Wildman–Crippen MR) is 99.6 cm³/mol. The monoisotopic (exact) mass is 336 g/mol. The van der Waals surface area contributed by atoms with E-state index >= 15 is 0 Å². The molecule has 0 aromatic carbocycles. The Morgan fingerprint density at radius 2 is 1.11 bits per heavy atom. The molecule has 0 radical (unpaired) electrons. The maximum absolute atomic E-state index is 4.74. The first-order valence-electron chi connectivity index (χ1n) is 7.86. The van der Waals surface area contributed by atoms with Crippen LogP contribution in [0.15, 0.2) is 0 Å². The SMILES string of the molecule is SC1CCCCC1SCCCSC1CCCCC1S. The average molecular weight is 337 g/mol. The van der Waals surface area contributed by atoms with E-state index in [1.54, 1.807) is 0 Å². The third-order valence-corrected chi connectivity index (χ3v) is 8.96. The second-order valence-electron chi connectivity index (χ2n) is 5.88. The van der Waals surface area contributed by atoms with Crippen molar-refractivity contribution in [1.29, 1.82) is 0 Å². The Kier molecular flexibility index (Phi) is 8.32. The minimum atomic E-state index is 0.659. The van der Waals surface area contributed by atoms with E-state index in [1.165, 1.54) is 69.3 Å². The molecule has 19 heavy (non-hydrogen) atoms. The third-order valence-electron chi connectivity index (χ3n) is 4.29. The fourth-order valence-corrected chi connectivity index (χ4v) is 7.04. The van der Waals surface area contributed by atoms with Crippen molar-refractivity contribution in [1.82, 2.24) is 0 Å². The highest BCUT2D eigenvalue weighted by molar-refractivity contribution is 8.01. The van der Waals surface area contributed by atoms with Crippen molar-refractivity contribution in [3.05, 3.63) is 0 Å². The van der Waals surface area contributed by atoms with Gasteiger partial charge in [0.05, 0.1) is 0 Å². The van der Waals surface area contributed by atoms with Crippen molar-refractivity contribution in [2.24, 2.45) is 0 Å². The first-order valence-corrected chi connectivity index (χ1v) is 11.0. The lowest BCUT2D eigenvalue weighted by atomic mass is 10.00. The molecule has 0 amide bonds. The molecule has 2 aliphatic rings. The van der Waals surface area contributed by atoms with Crippen LogP contribution >= 0.6 is 48.8 Å². The molecule has 2 fully saturated rings. The molecule has 2 saturated carbocycles. The molecular formula is C15H28S4.